The highest BCUT2D eigenvalue weighted by atomic mass is 16.3. The molecule has 2 aromatic rings. The van der Waals surface area contributed by atoms with Crippen LogP contribution in [0, 0.1) is 0 Å². The lowest BCUT2D eigenvalue weighted by atomic mass is 9.82. The summed E-state index contributed by atoms with van der Waals surface area (Å²) in [5, 5.41) is 28.9. The Labute approximate surface area is 241 Å². The first-order chi connectivity index (χ1) is 19.8. The third-order valence-corrected chi connectivity index (χ3v) is 6.61. The summed E-state index contributed by atoms with van der Waals surface area (Å²) in [6.45, 7) is 2.99. The fraction of sp³-hybridized carbons (Fsp3) is 0.357. The molecule has 10 N–H and O–H groups in total. The standard InChI is InChI=1S/C28H34N6O8/c1-13(35)21(29)27(41)33-9-7-31-25(39)15-3-5-17-19(11-15)23(37)18-6-4-16(12-20(18)24(17)38)26(40)32-8-10-34-28(42)22(30)14(2)36/h3-6,11-14,21-22,35-36H,7-10,29-30H2,1-2H3,(H,31,39)(H,32,40)(H,33,41)(H,34,42)/t13-,14-,21+,22+/m1/s1. The van der Waals surface area contributed by atoms with Crippen LogP contribution in [0.25, 0.3) is 0 Å². The highest BCUT2D eigenvalue weighted by Gasteiger charge is 2.31. The van der Waals surface area contributed by atoms with E-state index in [0.717, 1.165) is 0 Å². The van der Waals surface area contributed by atoms with Gasteiger partial charge < -0.3 is 42.9 Å². The topological polar surface area (TPSA) is 243 Å². The van der Waals surface area contributed by atoms with Gasteiger partial charge in [0.05, 0.1) is 12.2 Å². The monoisotopic (exact) mass is 582 g/mol. The maximum atomic E-state index is 13.2. The van der Waals surface area contributed by atoms with E-state index >= 15 is 0 Å². The molecule has 42 heavy (non-hydrogen) atoms. The second kappa shape index (κ2) is 13.9. The molecule has 224 valence electrons. The molecule has 2 aromatic carbocycles. The van der Waals surface area contributed by atoms with E-state index in [-0.39, 0.29) is 59.6 Å². The average Bonchev–Trinajstić information content (AvgIpc) is 2.98. The van der Waals surface area contributed by atoms with Gasteiger partial charge in [-0.1, -0.05) is 0 Å². The molecule has 14 heteroatoms. The van der Waals surface area contributed by atoms with Crippen molar-refractivity contribution in [3.8, 4) is 0 Å². The minimum atomic E-state index is -1.10. The lowest BCUT2D eigenvalue weighted by molar-refractivity contribution is -0.125. The summed E-state index contributed by atoms with van der Waals surface area (Å²) in [7, 11) is 0. The molecule has 0 aliphatic heterocycles. The number of nitrogens with two attached hydrogens (primary N) is 2. The van der Waals surface area contributed by atoms with E-state index in [9.17, 15) is 39.0 Å². The predicted octanol–water partition coefficient (Wildman–Crippen LogP) is -2.43. The number of hydrogen-bond donors (Lipinski definition) is 8. The van der Waals surface area contributed by atoms with Crippen molar-refractivity contribution in [1.82, 2.24) is 21.3 Å². The first kappa shape index (κ1) is 32.0. The molecular formula is C28H34N6O8. The van der Waals surface area contributed by atoms with Crippen molar-refractivity contribution in [3.63, 3.8) is 0 Å². The fourth-order valence-corrected chi connectivity index (χ4v) is 4.03. The third kappa shape index (κ3) is 7.41. The molecule has 4 atom stereocenters. The van der Waals surface area contributed by atoms with Gasteiger partial charge in [-0.25, -0.2) is 0 Å². The Bertz CT molecular complexity index is 1300. The first-order valence-electron chi connectivity index (χ1n) is 13.2. The maximum absolute atomic E-state index is 13.2. The second-order valence-corrected chi connectivity index (χ2v) is 9.81. The molecule has 0 spiro atoms. The van der Waals surface area contributed by atoms with Gasteiger partial charge in [-0.15, -0.1) is 0 Å². The van der Waals surface area contributed by atoms with Crippen molar-refractivity contribution < 1.29 is 39.0 Å². The van der Waals surface area contributed by atoms with E-state index in [4.69, 9.17) is 11.5 Å². The van der Waals surface area contributed by atoms with Crippen molar-refractivity contribution in [2.75, 3.05) is 26.2 Å². The molecule has 0 saturated carbocycles. The largest absolute Gasteiger partial charge is 0.391 e. The number of carbonyl (C=O) groups is 6. The Morgan fingerprint density at radius 1 is 0.619 bits per heavy atom. The van der Waals surface area contributed by atoms with Crippen LogP contribution in [0.5, 0.6) is 0 Å². The van der Waals surface area contributed by atoms with Gasteiger partial charge in [-0.3, -0.25) is 28.8 Å². The smallest absolute Gasteiger partial charge is 0.251 e. The summed E-state index contributed by atoms with van der Waals surface area (Å²) in [5.41, 5.74) is 11.6. The van der Waals surface area contributed by atoms with Crippen molar-refractivity contribution in [2.45, 2.75) is 38.1 Å². The Balaban J connectivity index is 1.62. The first-order valence-corrected chi connectivity index (χ1v) is 13.2. The molecule has 4 amide bonds. The molecule has 0 unspecified atom stereocenters. The van der Waals surface area contributed by atoms with Crippen LogP contribution in [-0.4, -0.2) is 95.9 Å². The minimum absolute atomic E-state index is 0.0414. The number of rotatable bonds is 12. The Hall–Kier alpha value is -4.50. The zero-order valence-electron chi connectivity index (χ0n) is 23.1. The number of nitrogens with one attached hydrogen (secondary N) is 4. The van der Waals surface area contributed by atoms with Crippen molar-refractivity contribution in [3.05, 3.63) is 69.8 Å². The predicted molar refractivity (Wildman–Crippen MR) is 150 cm³/mol. The molecule has 0 bridgehead atoms. The number of hydrogen-bond acceptors (Lipinski definition) is 10. The second-order valence-electron chi connectivity index (χ2n) is 9.81. The van der Waals surface area contributed by atoms with Gasteiger partial charge in [0.25, 0.3) is 11.8 Å². The van der Waals surface area contributed by atoms with E-state index in [2.05, 4.69) is 21.3 Å². The van der Waals surface area contributed by atoms with Crippen LogP contribution in [0.3, 0.4) is 0 Å². The van der Waals surface area contributed by atoms with Crippen LogP contribution in [-0.2, 0) is 9.59 Å². The number of aliphatic hydroxyl groups is 2. The summed E-state index contributed by atoms with van der Waals surface area (Å²) in [4.78, 5) is 75.2. The lowest BCUT2D eigenvalue weighted by Crippen LogP contribution is -2.48. The lowest BCUT2D eigenvalue weighted by Gasteiger charge is -2.19. The summed E-state index contributed by atoms with van der Waals surface area (Å²) >= 11 is 0. The van der Waals surface area contributed by atoms with Crippen LogP contribution in [0.15, 0.2) is 36.4 Å². The van der Waals surface area contributed by atoms with Crippen LogP contribution >= 0.6 is 0 Å². The normalized spacial score (nSPS) is 14.9. The number of amides is 4. The summed E-state index contributed by atoms with van der Waals surface area (Å²) in [5.74, 6) is -3.18. The van der Waals surface area contributed by atoms with Crippen molar-refractivity contribution >= 4 is 35.2 Å². The maximum Gasteiger partial charge on any atom is 0.251 e. The minimum Gasteiger partial charge on any atom is -0.391 e. The van der Waals surface area contributed by atoms with Crippen LogP contribution in [0.4, 0.5) is 0 Å². The van der Waals surface area contributed by atoms with Crippen molar-refractivity contribution in [1.29, 1.82) is 0 Å². The molecule has 1 aliphatic carbocycles. The van der Waals surface area contributed by atoms with E-state index in [1.807, 2.05) is 0 Å². The average molecular weight is 583 g/mol. The Kier molecular flexibility index (Phi) is 10.6. The van der Waals surface area contributed by atoms with Gasteiger partial charge >= 0.3 is 0 Å². The van der Waals surface area contributed by atoms with Gasteiger partial charge in [0, 0.05) is 59.6 Å². The van der Waals surface area contributed by atoms with Crippen LogP contribution in [0.2, 0.25) is 0 Å². The molecule has 0 saturated heterocycles. The summed E-state index contributed by atoms with van der Waals surface area (Å²) < 4.78 is 0. The molecule has 0 aromatic heterocycles. The third-order valence-electron chi connectivity index (χ3n) is 6.61. The van der Waals surface area contributed by atoms with Gasteiger partial charge in [-0.2, -0.15) is 0 Å². The number of benzene rings is 2. The molecular weight excluding hydrogens is 548 g/mol. The number of carbonyl (C=O) groups excluding carboxylic acids is 6. The quantitative estimate of drug-likeness (QED) is 0.105. The van der Waals surface area contributed by atoms with E-state index in [1.165, 1.54) is 50.2 Å². The number of ketones is 2. The highest BCUT2D eigenvalue weighted by Crippen LogP contribution is 2.29. The number of aliphatic hydroxyl groups excluding tert-OH is 2. The van der Waals surface area contributed by atoms with Gasteiger partial charge in [0.15, 0.2) is 11.6 Å². The van der Waals surface area contributed by atoms with Crippen molar-refractivity contribution in [2.24, 2.45) is 11.5 Å². The summed E-state index contributed by atoms with van der Waals surface area (Å²) in [6.07, 6.45) is -2.06. The molecule has 14 nitrogen and oxygen atoms in total. The zero-order chi connectivity index (χ0) is 31.1. The van der Waals surface area contributed by atoms with Crippen LogP contribution < -0.4 is 32.7 Å². The SMILES string of the molecule is C[C@@H](O)[C@H](N)C(=O)NCCNC(=O)c1ccc2c(c1)C(=O)c1ccc(C(=O)NCCNC(=O)[C@@H](N)[C@@H](C)O)cc1C2=O. The van der Waals surface area contributed by atoms with E-state index < -0.39 is 59.5 Å². The molecule has 0 heterocycles. The van der Waals surface area contributed by atoms with E-state index in [1.54, 1.807) is 0 Å². The van der Waals surface area contributed by atoms with Gasteiger partial charge in [0.2, 0.25) is 11.8 Å². The zero-order valence-corrected chi connectivity index (χ0v) is 23.1. The molecule has 0 fully saturated rings. The van der Waals surface area contributed by atoms with Gasteiger partial charge in [0.1, 0.15) is 12.1 Å². The molecule has 1 aliphatic rings. The summed E-state index contributed by atoms with van der Waals surface area (Å²) in [6, 6.07) is 5.94. The van der Waals surface area contributed by atoms with Gasteiger partial charge in [-0.05, 0) is 50.2 Å². The molecule has 3 rings (SSSR count). The molecule has 0 radical (unpaired) electrons. The Morgan fingerprint density at radius 2 is 0.952 bits per heavy atom. The van der Waals surface area contributed by atoms with Crippen LogP contribution in [0.1, 0.15) is 66.4 Å². The number of fused-ring (bicyclic) bond motifs is 2. The van der Waals surface area contributed by atoms with E-state index in [0.29, 0.717) is 0 Å². The highest BCUT2D eigenvalue weighted by molar-refractivity contribution is 6.29. The Morgan fingerprint density at radius 3 is 1.29 bits per heavy atom. The fourth-order valence-electron chi connectivity index (χ4n) is 4.03.